The molecule has 0 spiro atoms. The van der Waals surface area contributed by atoms with Crippen molar-refractivity contribution in [2.75, 3.05) is 4.72 Å². The molecule has 1 N–H and O–H groups in total. The van der Waals surface area contributed by atoms with E-state index < -0.39 is 21.5 Å². The van der Waals surface area contributed by atoms with Crippen LogP contribution in [0.2, 0.25) is 0 Å². The molecule has 0 aliphatic heterocycles. The molecule has 0 radical (unpaired) electrons. The summed E-state index contributed by atoms with van der Waals surface area (Å²) in [6.07, 6.45) is 0. The molecule has 0 unspecified atom stereocenters. The number of aromatic nitrogens is 2. The summed E-state index contributed by atoms with van der Waals surface area (Å²) in [7, 11) is -5.54. The number of carbonyl (C=O) groups is 1. The van der Waals surface area contributed by atoms with Crippen molar-refractivity contribution in [3.8, 4) is 11.4 Å². The van der Waals surface area contributed by atoms with Gasteiger partial charge in [-0.3, -0.25) is 4.72 Å². The largest absolute Gasteiger partial charge is 0.516 e. The lowest BCUT2D eigenvalue weighted by Crippen LogP contribution is -2.29. The van der Waals surface area contributed by atoms with Crippen LogP contribution in [-0.4, -0.2) is 30.0 Å². The van der Waals surface area contributed by atoms with Gasteiger partial charge < -0.3 is 9.26 Å². The minimum atomic E-state index is -5.54. The second kappa shape index (κ2) is 7.59. The summed E-state index contributed by atoms with van der Waals surface area (Å²) in [5.74, 6) is -0.404. The number of esters is 1. The first kappa shape index (κ1) is 19.8. The number of nitrogens with zero attached hydrogens (tertiary/aromatic N) is 2. The summed E-state index contributed by atoms with van der Waals surface area (Å²) in [4.78, 5) is 16.0. The van der Waals surface area contributed by atoms with Gasteiger partial charge in [0.2, 0.25) is 5.82 Å². The van der Waals surface area contributed by atoms with E-state index in [1.54, 1.807) is 6.07 Å². The number of benzene rings is 1. The van der Waals surface area contributed by atoms with Crippen molar-refractivity contribution in [3.63, 3.8) is 0 Å². The lowest BCUT2D eigenvalue weighted by Gasteiger charge is -2.10. The Morgan fingerprint density at radius 1 is 1.21 bits per heavy atom. The zero-order chi connectivity index (χ0) is 20.4. The summed E-state index contributed by atoms with van der Waals surface area (Å²) in [6.45, 7) is -0.307. The summed E-state index contributed by atoms with van der Waals surface area (Å²) < 4.78 is 70.4. The fourth-order valence-electron chi connectivity index (χ4n) is 1.92. The number of nitrogens with one attached hydrogen (secondary N) is 1. The van der Waals surface area contributed by atoms with E-state index in [-0.39, 0.29) is 23.7 Å². The van der Waals surface area contributed by atoms with E-state index in [0.717, 1.165) is 29.8 Å². The van der Waals surface area contributed by atoms with Gasteiger partial charge in [0.25, 0.3) is 5.89 Å². The molecule has 0 bridgehead atoms. The van der Waals surface area contributed by atoms with Crippen molar-refractivity contribution in [3.05, 3.63) is 52.5 Å². The Hall–Kier alpha value is -2.93. The Labute approximate surface area is 160 Å². The van der Waals surface area contributed by atoms with E-state index in [2.05, 4.69) is 10.1 Å². The number of rotatable bonds is 6. The number of hydrogen-bond donors (Lipinski definition) is 1. The summed E-state index contributed by atoms with van der Waals surface area (Å²) >= 11 is 1.45. The Kier molecular flexibility index (Phi) is 5.38. The first-order valence-corrected chi connectivity index (χ1v) is 9.80. The second-order valence-electron chi connectivity index (χ2n) is 5.23. The fraction of sp³-hybridized carbons (Fsp3) is 0.133. The monoisotopic (exact) mass is 433 g/mol. The van der Waals surface area contributed by atoms with Gasteiger partial charge in [-0.15, -0.1) is 0 Å². The van der Waals surface area contributed by atoms with E-state index in [0.29, 0.717) is 5.82 Å². The Morgan fingerprint density at radius 3 is 2.54 bits per heavy atom. The number of halogens is 3. The van der Waals surface area contributed by atoms with Gasteiger partial charge in [0.15, 0.2) is 6.61 Å². The molecule has 28 heavy (non-hydrogen) atoms. The molecule has 0 amide bonds. The summed E-state index contributed by atoms with van der Waals surface area (Å²) in [5, 5.41) is 7.40. The minimum absolute atomic E-state index is 0.00692. The van der Waals surface area contributed by atoms with Crippen LogP contribution >= 0.6 is 11.3 Å². The van der Waals surface area contributed by atoms with Gasteiger partial charge in [0.05, 0.1) is 5.56 Å². The number of sulfonamides is 1. The van der Waals surface area contributed by atoms with Gasteiger partial charge in [-0.2, -0.15) is 37.9 Å². The Morgan fingerprint density at radius 2 is 1.93 bits per heavy atom. The molecular weight excluding hydrogens is 423 g/mol. The zero-order valence-corrected chi connectivity index (χ0v) is 15.3. The molecule has 0 atom stereocenters. The van der Waals surface area contributed by atoms with Gasteiger partial charge in [-0.1, -0.05) is 5.16 Å². The molecule has 2 heterocycles. The predicted molar refractivity (Wildman–Crippen MR) is 91.8 cm³/mol. The fourth-order valence-corrected chi connectivity index (χ4v) is 3.12. The van der Waals surface area contributed by atoms with E-state index in [1.807, 2.05) is 10.8 Å². The van der Waals surface area contributed by atoms with Crippen molar-refractivity contribution in [2.45, 2.75) is 12.1 Å². The molecule has 0 saturated heterocycles. The average Bonchev–Trinajstić information content (AvgIpc) is 3.30. The minimum Gasteiger partial charge on any atom is -0.452 e. The molecule has 8 nitrogen and oxygen atoms in total. The van der Waals surface area contributed by atoms with E-state index in [4.69, 9.17) is 9.26 Å². The molecule has 3 rings (SSSR count). The average molecular weight is 433 g/mol. The van der Waals surface area contributed by atoms with Crippen molar-refractivity contribution < 1.29 is 35.6 Å². The van der Waals surface area contributed by atoms with Crippen LogP contribution in [0.5, 0.6) is 0 Å². The maximum Gasteiger partial charge on any atom is 0.516 e. The number of anilines is 1. The molecule has 0 aliphatic rings. The topological polar surface area (TPSA) is 111 Å². The molecular formula is C15H10F3N3O5S2. The first-order valence-electron chi connectivity index (χ1n) is 7.37. The van der Waals surface area contributed by atoms with Crippen molar-refractivity contribution in [1.82, 2.24) is 10.1 Å². The molecule has 13 heteroatoms. The van der Waals surface area contributed by atoms with Crippen molar-refractivity contribution >= 4 is 33.0 Å². The maximum atomic E-state index is 12.3. The summed E-state index contributed by atoms with van der Waals surface area (Å²) in [5.41, 5.74) is -5.06. The molecule has 0 saturated carbocycles. The number of carbonyl (C=O) groups excluding carboxylic acids is 1. The molecule has 1 aromatic carbocycles. The molecule has 0 fully saturated rings. The molecule has 2 aromatic heterocycles. The zero-order valence-electron chi connectivity index (χ0n) is 13.6. The van der Waals surface area contributed by atoms with Crippen LogP contribution < -0.4 is 4.72 Å². The first-order chi connectivity index (χ1) is 13.2. The Balaban J connectivity index is 1.59. The van der Waals surface area contributed by atoms with Crippen LogP contribution in [0.4, 0.5) is 18.9 Å². The normalized spacial score (nSPS) is 12.0. The van der Waals surface area contributed by atoms with Gasteiger partial charge in [-0.05, 0) is 35.7 Å². The third-order valence-corrected chi connectivity index (χ3v) is 5.05. The van der Waals surface area contributed by atoms with Crippen LogP contribution in [0.1, 0.15) is 16.2 Å². The van der Waals surface area contributed by atoms with Crippen molar-refractivity contribution in [2.24, 2.45) is 0 Å². The van der Waals surface area contributed by atoms with Crippen LogP contribution in [0.25, 0.3) is 11.4 Å². The highest BCUT2D eigenvalue weighted by Gasteiger charge is 2.46. The standard InChI is InChI=1S/C15H10F3N3O5S2/c16-15(17,18)28(23,24)21-11-3-1-9(2-4-11)14(22)25-7-12-19-13(20-26-12)10-5-6-27-8-10/h1-6,8,21H,7H2. The van der Waals surface area contributed by atoms with Crippen molar-refractivity contribution in [1.29, 1.82) is 0 Å². The smallest absolute Gasteiger partial charge is 0.452 e. The second-order valence-corrected chi connectivity index (χ2v) is 7.68. The third-order valence-electron chi connectivity index (χ3n) is 3.25. The highest BCUT2D eigenvalue weighted by molar-refractivity contribution is 7.93. The number of alkyl halides is 3. The summed E-state index contributed by atoms with van der Waals surface area (Å²) in [6, 6.07) is 6.02. The highest BCUT2D eigenvalue weighted by atomic mass is 32.2. The predicted octanol–water partition coefficient (Wildman–Crippen LogP) is 3.42. The lowest BCUT2D eigenvalue weighted by atomic mass is 10.2. The van der Waals surface area contributed by atoms with Gasteiger partial charge in [0.1, 0.15) is 0 Å². The molecule has 0 aliphatic carbocycles. The van der Waals surface area contributed by atoms with Gasteiger partial charge >= 0.3 is 21.5 Å². The number of ether oxygens (including phenoxy) is 1. The molecule has 3 aromatic rings. The van der Waals surface area contributed by atoms with E-state index >= 15 is 0 Å². The molecule has 148 valence electrons. The van der Waals surface area contributed by atoms with Gasteiger partial charge in [0, 0.05) is 16.6 Å². The van der Waals surface area contributed by atoms with Crippen LogP contribution in [-0.2, 0) is 21.4 Å². The van der Waals surface area contributed by atoms with Crippen LogP contribution in [0.15, 0.2) is 45.6 Å². The highest BCUT2D eigenvalue weighted by Crippen LogP contribution is 2.25. The SMILES string of the molecule is O=C(OCc1nc(-c2ccsc2)no1)c1ccc(NS(=O)(=O)C(F)(F)F)cc1. The van der Waals surface area contributed by atoms with E-state index in [9.17, 15) is 26.4 Å². The Bertz CT molecular complexity index is 1060. The number of thiophene rings is 1. The maximum absolute atomic E-state index is 12.3. The quantitative estimate of drug-likeness (QED) is 0.593. The third kappa shape index (κ3) is 4.48. The van der Waals surface area contributed by atoms with Crippen LogP contribution in [0, 0.1) is 0 Å². The van der Waals surface area contributed by atoms with E-state index in [1.165, 1.54) is 16.1 Å². The van der Waals surface area contributed by atoms with Gasteiger partial charge in [-0.25, -0.2) is 4.79 Å². The number of hydrogen-bond acceptors (Lipinski definition) is 8. The lowest BCUT2D eigenvalue weighted by molar-refractivity contribution is -0.0429. The van der Waals surface area contributed by atoms with Crippen LogP contribution in [0.3, 0.4) is 0 Å².